The predicted molar refractivity (Wildman–Crippen MR) is 131 cm³/mol. The Labute approximate surface area is 207 Å². The van der Waals surface area contributed by atoms with Crippen LogP contribution >= 0.6 is 0 Å². The second-order valence-corrected chi connectivity index (χ2v) is 9.50. The fourth-order valence-corrected chi connectivity index (χ4v) is 6.57. The minimum absolute atomic E-state index is 0.0384. The van der Waals surface area contributed by atoms with Crippen molar-refractivity contribution in [2.45, 2.75) is 30.3 Å². The number of fused-ring (bicyclic) bond motifs is 4. The van der Waals surface area contributed by atoms with Crippen LogP contribution in [0.4, 0.5) is 11.4 Å². The molecule has 0 unspecified atom stereocenters. The maximum Gasteiger partial charge on any atom is 0.269 e. The van der Waals surface area contributed by atoms with Crippen LogP contribution in [-0.4, -0.2) is 46.2 Å². The van der Waals surface area contributed by atoms with E-state index in [9.17, 15) is 19.7 Å². The van der Waals surface area contributed by atoms with Gasteiger partial charge in [0.15, 0.2) is 5.78 Å². The Morgan fingerprint density at radius 2 is 2.08 bits per heavy atom. The van der Waals surface area contributed by atoms with Gasteiger partial charge in [0.1, 0.15) is 11.3 Å². The zero-order valence-electron chi connectivity index (χ0n) is 19.6. The highest BCUT2D eigenvalue weighted by atomic mass is 16.6. The van der Waals surface area contributed by atoms with Crippen molar-refractivity contribution in [1.82, 2.24) is 9.88 Å². The van der Waals surface area contributed by atoms with Gasteiger partial charge in [-0.2, -0.15) is 0 Å². The third-order valence-electron chi connectivity index (χ3n) is 7.90. The normalized spacial score (nSPS) is 26.5. The molecule has 4 heterocycles. The molecule has 3 aliphatic heterocycles. The molecule has 3 aromatic rings. The number of carbonyl (C=O) groups is 2. The summed E-state index contributed by atoms with van der Waals surface area (Å²) in [6.45, 7) is 0.636. The van der Waals surface area contributed by atoms with Crippen molar-refractivity contribution < 1.29 is 19.2 Å². The maximum absolute atomic E-state index is 14.3. The topological polar surface area (TPSA) is 115 Å². The lowest BCUT2D eigenvalue weighted by atomic mass is 9.69. The standard InChI is InChI=1S/C27H24N4O5/c1-36-19-9-10-21-20(14-19)27(26(33)29-21)24(25(32)17-6-3-11-28-15-17)23(22-8-4-12-30(22)27)16-5-2-7-18(13-16)31(34)35/h2-3,5-7,9-11,13-15,22-24H,4,8,12H2,1H3,(H,29,33)/t22-,23-,24+,27+/m0/s1. The molecule has 0 radical (unpaired) electrons. The van der Waals surface area contributed by atoms with Gasteiger partial charge in [0.25, 0.3) is 5.69 Å². The molecule has 1 N–H and O–H groups in total. The highest BCUT2D eigenvalue weighted by Crippen LogP contribution is 2.61. The van der Waals surface area contributed by atoms with Crippen molar-refractivity contribution >= 4 is 23.1 Å². The number of ether oxygens (including phenoxy) is 1. The lowest BCUT2D eigenvalue weighted by Gasteiger charge is -2.37. The second kappa shape index (κ2) is 8.23. The third-order valence-corrected chi connectivity index (χ3v) is 7.90. The molecule has 2 fully saturated rings. The smallest absolute Gasteiger partial charge is 0.269 e. The SMILES string of the molecule is COc1ccc2c(c1)[C@]1(C(=O)N2)[C@@H](C(=O)c2cccnc2)[C@@H](c2cccc([N+](=O)[O-])c2)[C@@H]2CCCN21. The van der Waals surface area contributed by atoms with Gasteiger partial charge < -0.3 is 10.1 Å². The fourth-order valence-electron chi connectivity index (χ4n) is 6.57. The first-order valence-electron chi connectivity index (χ1n) is 11.9. The average molecular weight is 485 g/mol. The van der Waals surface area contributed by atoms with E-state index in [1.54, 1.807) is 49.7 Å². The number of ketones is 1. The summed E-state index contributed by atoms with van der Waals surface area (Å²) >= 11 is 0. The summed E-state index contributed by atoms with van der Waals surface area (Å²) in [5.41, 5.74) is 1.13. The Hall–Kier alpha value is -4.11. The number of nitrogens with one attached hydrogen (secondary N) is 1. The number of hydrogen-bond acceptors (Lipinski definition) is 7. The van der Waals surface area contributed by atoms with E-state index in [0.717, 1.165) is 12.8 Å². The molecule has 1 spiro atoms. The van der Waals surface area contributed by atoms with Crippen LogP contribution in [0, 0.1) is 16.0 Å². The van der Waals surface area contributed by atoms with Crippen LogP contribution < -0.4 is 10.1 Å². The van der Waals surface area contributed by atoms with E-state index < -0.39 is 22.3 Å². The molecular weight excluding hydrogens is 460 g/mol. The van der Waals surface area contributed by atoms with Crippen molar-refractivity contribution in [2.24, 2.45) is 5.92 Å². The van der Waals surface area contributed by atoms with Gasteiger partial charge in [-0.3, -0.25) is 29.6 Å². The molecule has 0 aliphatic carbocycles. The molecule has 9 nitrogen and oxygen atoms in total. The molecule has 1 aromatic heterocycles. The molecule has 2 aromatic carbocycles. The zero-order valence-corrected chi connectivity index (χ0v) is 19.6. The summed E-state index contributed by atoms with van der Waals surface area (Å²) in [6.07, 6.45) is 4.75. The Kier molecular flexibility index (Phi) is 5.11. The van der Waals surface area contributed by atoms with Crippen LogP contribution in [0.3, 0.4) is 0 Å². The number of methoxy groups -OCH3 is 1. The summed E-state index contributed by atoms with van der Waals surface area (Å²) in [4.78, 5) is 45.8. The maximum atomic E-state index is 14.3. The Bertz CT molecular complexity index is 1390. The van der Waals surface area contributed by atoms with E-state index in [2.05, 4.69) is 15.2 Å². The average Bonchev–Trinajstić information content (AvgIpc) is 3.57. The van der Waals surface area contributed by atoms with E-state index in [1.165, 1.54) is 12.3 Å². The summed E-state index contributed by atoms with van der Waals surface area (Å²) in [5.74, 6) is -1.12. The summed E-state index contributed by atoms with van der Waals surface area (Å²) in [5, 5.41) is 14.6. The lowest BCUT2D eigenvalue weighted by molar-refractivity contribution is -0.384. The van der Waals surface area contributed by atoms with Crippen molar-refractivity contribution in [3.63, 3.8) is 0 Å². The quantitative estimate of drug-likeness (QED) is 0.332. The molecule has 9 heteroatoms. The number of pyridine rings is 1. The summed E-state index contributed by atoms with van der Waals surface area (Å²) in [6, 6.07) is 15.2. The molecule has 2 saturated heterocycles. The van der Waals surface area contributed by atoms with Crippen molar-refractivity contribution in [2.75, 3.05) is 19.0 Å². The summed E-state index contributed by atoms with van der Waals surface area (Å²) < 4.78 is 5.50. The highest BCUT2D eigenvalue weighted by Gasteiger charge is 2.69. The van der Waals surface area contributed by atoms with Gasteiger partial charge in [-0.15, -0.1) is 0 Å². The number of carbonyl (C=O) groups excluding carboxylic acids is 2. The first-order chi connectivity index (χ1) is 17.5. The first kappa shape index (κ1) is 22.4. The largest absolute Gasteiger partial charge is 0.497 e. The van der Waals surface area contributed by atoms with Gasteiger partial charge in [-0.1, -0.05) is 12.1 Å². The molecule has 36 heavy (non-hydrogen) atoms. The lowest BCUT2D eigenvalue weighted by Crippen LogP contribution is -2.52. The molecule has 182 valence electrons. The zero-order chi connectivity index (χ0) is 25.0. The Morgan fingerprint density at radius 3 is 2.83 bits per heavy atom. The predicted octanol–water partition coefficient (Wildman–Crippen LogP) is 3.91. The number of aromatic nitrogens is 1. The van der Waals surface area contributed by atoms with E-state index in [4.69, 9.17) is 4.74 Å². The monoisotopic (exact) mass is 484 g/mol. The molecule has 0 saturated carbocycles. The number of nitro benzene ring substituents is 1. The van der Waals surface area contributed by atoms with Gasteiger partial charge in [0, 0.05) is 53.3 Å². The van der Waals surface area contributed by atoms with Gasteiger partial charge in [0.05, 0.1) is 18.0 Å². The number of amides is 1. The number of hydrogen-bond donors (Lipinski definition) is 1. The number of nitro groups is 1. The van der Waals surface area contributed by atoms with E-state index in [0.29, 0.717) is 34.7 Å². The third kappa shape index (κ3) is 3.02. The number of anilines is 1. The molecule has 6 rings (SSSR count). The van der Waals surface area contributed by atoms with Crippen molar-refractivity contribution in [3.05, 3.63) is 93.8 Å². The fraction of sp³-hybridized carbons (Fsp3) is 0.296. The number of Topliss-reactive ketones (excluding diaryl/α,β-unsaturated/α-hetero) is 1. The number of non-ortho nitro benzene ring substituents is 1. The van der Waals surface area contributed by atoms with Crippen LogP contribution in [0.5, 0.6) is 5.75 Å². The number of nitrogens with zero attached hydrogens (tertiary/aromatic N) is 3. The highest BCUT2D eigenvalue weighted by molar-refractivity contribution is 6.12. The van der Waals surface area contributed by atoms with Crippen molar-refractivity contribution in [3.8, 4) is 5.75 Å². The van der Waals surface area contributed by atoms with Crippen LogP contribution in [0.2, 0.25) is 0 Å². The first-order valence-corrected chi connectivity index (χ1v) is 11.9. The van der Waals surface area contributed by atoms with Crippen LogP contribution in [-0.2, 0) is 10.3 Å². The van der Waals surface area contributed by atoms with Crippen LogP contribution in [0.25, 0.3) is 0 Å². The van der Waals surface area contributed by atoms with Gasteiger partial charge in [0.2, 0.25) is 5.91 Å². The second-order valence-electron chi connectivity index (χ2n) is 9.50. The van der Waals surface area contributed by atoms with E-state index in [1.807, 2.05) is 12.1 Å². The number of benzene rings is 2. The summed E-state index contributed by atoms with van der Waals surface area (Å²) in [7, 11) is 1.57. The minimum atomic E-state index is -1.27. The van der Waals surface area contributed by atoms with E-state index >= 15 is 0 Å². The molecular formula is C27H24N4O5. The van der Waals surface area contributed by atoms with Crippen LogP contribution in [0.15, 0.2) is 67.0 Å². The van der Waals surface area contributed by atoms with Crippen molar-refractivity contribution in [1.29, 1.82) is 0 Å². The minimum Gasteiger partial charge on any atom is -0.497 e. The molecule has 4 atom stereocenters. The van der Waals surface area contributed by atoms with Crippen LogP contribution in [0.1, 0.15) is 40.2 Å². The molecule has 0 bridgehead atoms. The molecule has 1 amide bonds. The Balaban J connectivity index is 1.63. The van der Waals surface area contributed by atoms with Gasteiger partial charge in [-0.25, -0.2) is 0 Å². The molecule has 3 aliphatic rings. The van der Waals surface area contributed by atoms with Gasteiger partial charge in [-0.05, 0) is 55.3 Å². The van der Waals surface area contributed by atoms with Gasteiger partial charge >= 0.3 is 0 Å². The number of rotatable bonds is 5. The Morgan fingerprint density at radius 1 is 1.22 bits per heavy atom. The van der Waals surface area contributed by atoms with E-state index in [-0.39, 0.29) is 23.4 Å².